The van der Waals surface area contributed by atoms with Crippen molar-refractivity contribution >= 4 is 11.7 Å². The number of benzene rings is 1. The summed E-state index contributed by atoms with van der Waals surface area (Å²) in [6, 6.07) is 7.16. The zero-order valence-corrected chi connectivity index (χ0v) is 18.2. The Hall–Kier alpha value is -1.68. The van der Waals surface area contributed by atoms with Gasteiger partial charge in [-0.1, -0.05) is 39.8 Å². The lowest BCUT2D eigenvalue weighted by Crippen LogP contribution is -2.43. The Labute approximate surface area is 171 Å². The van der Waals surface area contributed by atoms with Crippen molar-refractivity contribution in [3.8, 4) is 0 Å². The number of Topliss-reactive ketones (excluding diaryl/α,β-unsaturated/α-hetero) is 1. The SMILES string of the molecule is CC.CCC(=O)c1ccc(C(=O)N2CCC(CN3CCC(C)CC3)CC2)cc1. The molecule has 1 aromatic rings. The first kappa shape index (κ1) is 22.6. The second-order valence-electron chi connectivity index (χ2n) is 8.07. The van der Waals surface area contributed by atoms with Crippen molar-refractivity contribution in [2.45, 2.75) is 59.8 Å². The molecule has 0 aromatic heterocycles. The van der Waals surface area contributed by atoms with Gasteiger partial charge in [-0.2, -0.15) is 0 Å². The third kappa shape index (κ3) is 6.16. The molecule has 0 saturated carbocycles. The smallest absolute Gasteiger partial charge is 0.253 e. The summed E-state index contributed by atoms with van der Waals surface area (Å²) in [5.41, 5.74) is 1.39. The van der Waals surface area contributed by atoms with Gasteiger partial charge in [-0.3, -0.25) is 9.59 Å². The van der Waals surface area contributed by atoms with E-state index in [0.29, 0.717) is 17.5 Å². The summed E-state index contributed by atoms with van der Waals surface area (Å²) in [7, 11) is 0. The summed E-state index contributed by atoms with van der Waals surface area (Å²) in [5.74, 6) is 1.82. The molecule has 0 N–H and O–H groups in total. The standard InChI is InChI=1S/C22H32N2O2.C2H6/c1-3-21(25)19-4-6-20(7-5-19)22(26)24-14-10-18(11-15-24)16-23-12-8-17(2)9-13-23;1-2/h4-7,17-18H,3,8-16H2,1-2H3;1-2H3. The van der Waals surface area contributed by atoms with Crippen LogP contribution in [0.4, 0.5) is 0 Å². The van der Waals surface area contributed by atoms with Crippen molar-refractivity contribution in [1.29, 1.82) is 0 Å². The minimum absolute atomic E-state index is 0.103. The van der Waals surface area contributed by atoms with Crippen LogP contribution in [0, 0.1) is 11.8 Å². The van der Waals surface area contributed by atoms with E-state index in [1.165, 1.54) is 32.5 Å². The summed E-state index contributed by atoms with van der Waals surface area (Å²) < 4.78 is 0. The van der Waals surface area contributed by atoms with Crippen molar-refractivity contribution in [3.63, 3.8) is 0 Å². The highest BCUT2D eigenvalue weighted by Gasteiger charge is 2.26. The number of likely N-dealkylation sites (tertiary alicyclic amines) is 2. The summed E-state index contributed by atoms with van der Waals surface area (Å²) in [6.45, 7) is 13.6. The van der Waals surface area contributed by atoms with Crippen molar-refractivity contribution in [2.75, 3.05) is 32.7 Å². The van der Waals surface area contributed by atoms with Gasteiger partial charge in [-0.25, -0.2) is 0 Å². The van der Waals surface area contributed by atoms with Gasteiger partial charge in [0.25, 0.3) is 5.91 Å². The van der Waals surface area contributed by atoms with Crippen LogP contribution in [0.3, 0.4) is 0 Å². The van der Waals surface area contributed by atoms with Crippen LogP contribution in [-0.2, 0) is 0 Å². The third-order valence-electron chi connectivity index (χ3n) is 6.07. The Morgan fingerprint density at radius 2 is 1.43 bits per heavy atom. The van der Waals surface area contributed by atoms with Gasteiger partial charge in [-0.05, 0) is 62.7 Å². The van der Waals surface area contributed by atoms with Crippen molar-refractivity contribution in [2.24, 2.45) is 11.8 Å². The molecule has 0 bridgehead atoms. The first-order valence-corrected chi connectivity index (χ1v) is 11.2. The average molecular weight is 387 g/mol. The molecule has 3 rings (SSSR count). The van der Waals surface area contributed by atoms with Crippen LogP contribution in [0.5, 0.6) is 0 Å². The molecule has 2 heterocycles. The van der Waals surface area contributed by atoms with Crippen LogP contribution >= 0.6 is 0 Å². The fourth-order valence-electron chi connectivity index (χ4n) is 4.11. The number of amides is 1. The molecular weight excluding hydrogens is 348 g/mol. The summed E-state index contributed by atoms with van der Waals surface area (Å²) in [5, 5.41) is 0. The lowest BCUT2D eigenvalue weighted by Gasteiger charge is -2.37. The van der Waals surface area contributed by atoms with E-state index in [2.05, 4.69) is 11.8 Å². The quantitative estimate of drug-likeness (QED) is 0.677. The normalized spacial score (nSPS) is 19.1. The number of piperidine rings is 2. The van der Waals surface area contributed by atoms with E-state index in [9.17, 15) is 9.59 Å². The third-order valence-corrected chi connectivity index (χ3v) is 6.07. The second kappa shape index (κ2) is 11.4. The molecule has 4 heteroatoms. The molecule has 0 spiro atoms. The fourth-order valence-corrected chi connectivity index (χ4v) is 4.11. The summed E-state index contributed by atoms with van der Waals surface area (Å²) in [4.78, 5) is 29.0. The molecule has 2 saturated heterocycles. The Morgan fingerprint density at radius 3 is 1.96 bits per heavy atom. The topological polar surface area (TPSA) is 40.6 Å². The lowest BCUT2D eigenvalue weighted by molar-refractivity contribution is 0.0653. The van der Waals surface area contributed by atoms with Gasteiger partial charge in [0.1, 0.15) is 0 Å². The number of nitrogens with zero attached hydrogens (tertiary/aromatic N) is 2. The first-order chi connectivity index (χ1) is 13.6. The van der Waals surface area contributed by atoms with Gasteiger partial charge in [0.2, 0.25) is 0 Å². The molecule has 0 unspecified atom stereocenters. The van der Waals surface area contributed by atoms with Crippen LogP contribution in [0.25, 0.3) is 0 Å². The number of carbonyl (C=O) groups is 2. The number of hydrogen-bond donors (Lipinski definition) is 0. The Balaban J connectivity index is 0.00000136. The van der Waals surface area contributed by atoms with Crippen molar-refractivity contribution in [1.82, 2.24) is 9.80 Å². The van der Waals surface area contributed by atoms with E-state index in [1.54, 1.807) is 24.3 Å². The molecule has 1 aromatic carbocycles. The highest BCUT2D eigenvalue weighted by atomic mass is 16.2. The maximum atomic E-state index is 12.7. The molecule has 28 heavy (non-hydrogen) atoms. The van der Waals surface area contributed by atoms with Gasteiger partial charge < -0.3 is 9.80 Å². The molecule has 0 radical (unpaired) electrons. The zero-order chi connectivity index (χ0) is 20.5. The Morgan fingerprint density at radius 1 is 0.893 bits per heavy atom. The minimum Gasteiger partial charge on any atom is -0.339 e. The number of hydrogen-bond acceptors (Lipinski definition) is 3. The molecule has 4 nitrogen and oxygen atoms in total. The molecule has 156 valence electrons. The summed E-state index contributed by atoms with van der Waals surface area (Å²) in [6.07, 6.45) is 5.35. The largest absolute Gasteiger partial charge is 0.339 e. The molecule has 2 fully saturated rings. The molecule has 2 aliphatic rings. The lowest BCUT2D eigenvalue weighted by atomic mass is 9.93. The summed E-state index contributed by atoms with van der Waals surface area (Å²) >= 11 is 0. The Kier molecular flexibility index (Phi) is 9.17. The van der Waals surface area contributed by atoms with Gasteiger partial charge in [0.15, 0.2) is 5.78 Å². The first-order valence-electron chi connectivity index (χ1n) is 11.2. The average Bonchev–Trinajstić information content (AvgIpc) is 2.76. The van der Waals surface area contributed by atoms with Gasteiger partial charge in [0, 0.05) is 37.2 Å². The highest BCUT2D eigenvalue weighted by Crippen LogP contribution is 2.23. The predicted molar refractivity (Wildman–Crippen MR) is 116 cm³/mol. The maximum Gasteiger partial charge on any atom is 0.253 e. The maximum absolute atomic E-state index is 12.7. The van der Waals surface area contributed by atoms with Crippen LogP contribution in [0.2, 0.25) is 0 Å². The Bertz CT molecular complexity index is 610. The molecule has 1 amide bonds. The van der Waals surface area contributed by atoms with E-state index >= 15 is 0 Å². The number of ketones is 1. The number of rotatable bonds is 5. The van der Waals surface area contributed by atoms with Crippen LogP contribution < -0.4 is 0 Å². The predicted octanol–water partition coefficient (Wildman–Crippen LogP) is 4.89. The van der Waals surface area contributed by atoms with E-state index in [1.807, 2.05) is 25.7 Å². The van der Waals surface area contributed by atoms with Crippen LogP contribution in [-0.4, -0.2) is 54.2 Å². The van der Waals surface area contributed by atoms with Crippen molar-refractivity contribution < 1.29 is 9.59 Å². The van der Waals surface area contributed by atoms with Gasteiger partial charge >= 0.3 is 0 Å². The van der Waals surface area contributed by atoms with Crippen LogP contribution in [0.15, 0.2) is 24.3 Å². The monoisotopic (exact) mass is 386 g/mol. The van der Waals surface area contributed by atoms with Gasteiger partial charge in [-0.15, -0.1) is 0 Å². The fraction of sp³-hybridized carbons (Fsp3) is 0.667. The minimum atomic E-state index is 0.103. The molecule has 2 aliphatic heterocycles. The molecule has 0 atom stereocenters. The highest BCUT2D eigenvalue weighted by molar-refractivity contribution is 5.98. The molecule has 0 aliphatic carbocycles. The zero-order valence-electron chi connectivity index (χ0n) is 18.2. The second-order valence-corrected chi connectivity index (χ2v) is 8.07. The van der Waals surface area contributed by atoms with Gasteiger partial charge in [0.05, 0.1) is 0 Å². The molecular formula is C24H38N2O2. The van der Waals surface area contributed by atoms with E-state index in [0.717, 1.165) is 37.8 Å². The van der Waals surface area contributed by atoms with E-state index < -0.39 is 0 Å². The number of carbonyl (C=O) groups excluding carboxylic acids is 2. The van der Waals surface area contributed by atoms with E-state index in [-0.39, 0.29) is 11.7 Å². The van der Waals surface area contributed by atoms with Crippen molar-refractivity contribution in [3.05, 3.63) is 35.4 Å². The van der Waals surface area contributed by atoms with Crippen LogP contribution in [0.1, 0.15) is 80.5 Å². The van der Waals surface area contributed by atoms with E-state index in [4.69, 9.17) is 0 Å².